The molecule has 6 nitrogen and oxygen atoms in total. The van der Waals surface area contributed by atoms with Gasteiger partial charge in [0.15, 0.2) is 5.76 Å². The number of ether oxygens (including phenoxy) is 1. The fourth-order valence-electron chi connectivity index (χ4n) is 2.33. The number of halogens is 1. The SMILES string of the molecule is COc1ccc(Cl)cc1S(=O)(=O)NCc1cccnc1-c1ccco1. The lowest BCUT2D eigenvalue weighted by Crippen LogP contribution is -2.24. The molecule has 1 aromatic carbocycles. The Balaban J connectivity index is 1.88. The lowest BCUT2D eigenvalue weighted by molar-refractivity contribution is 0.402. The molecule has 0 saturated carbocycles. The maximum Gasteiger partial charge on any atom is 0.244 e. The van der Waals surface area contributed by atoms with Gasteiger partial charge in [-0.3, -0.25) is 4.98 Å². The van der Waals surface area contributed by atoms with Gasteiger partial charge in [0.2, 0.25) is 10.0 Å². The van der Waals surface area contributed by atoms with Crippen LogP contribution in [0, 0.1) is 0 Å². The highest BCUT2D eigenvalue weighted by molar-refractivity contribution is 7.89. The topological polar surface area (TPSA) is 81.4 Å². The van der Waals surface area contributed by atoms with Crippen molar-refractivity contribution in [2.24, 2.45) is 0 Å². The molecule has 8 heteroatoms. The number of hydrogen-bond donors (Lipinski definition) is 1. The number of nitrogens with zero attached hydrogens (tertiary/aromatic N) is 1. The molecule has 0 amide bonds. The van der Waals surface area contributed by atoms with Gasteiger partial charge in [0, 0.05) is 17.8 Å². The predicted octanol–water partition coefficient (Wildman–Crippen LogP) is 3.48. The average Bonchev–Trinajstić information content (AvgIpc) is 3.15. The van der Waals surface area contributed by atoms with Gasteiger partial charge in [-0.05, 0) is 42.0 Å². The second-order valence-electron chi connectivity index (χ2n) is 5.11. The van der Waals surface area contributed by atoms with Gasteiger partial charge < -0.3 is 9.15 Å². The monoisotopic (exact) mass is 378 g/mol. The van der Waals surface area contributed by atoms with Crippen molar-refractivity contribution in [3.8, 4) is 17.2 Å². The average molecular weight is 379 g/mol. The van der Waals surface area contributed by atoms with Crippen molar-refractivity contribution in [1.82, 2.24) is 9.71 Å². The van der Waals surface area contributed by atoms with E-state index < -0.39 is 10.0 Å². The van der Waals surface area contributed by atoms with E-state index in [9.17, 15) is 8.42 Å². The number of rotatable bonds is 6. The van der Waals surface area contributed by atoms with E-state index in [-0.39, 0.29) is 17.2 Å². The van der Waals surface area contributed by atoms with Crippen LogP contribution in [0.1, 0.15) is 5.56 Å². The fourth-order valence-corrected chi connectivity index (χ4v) is 3.76. The van der Waals surface area contributed by atoms with Crippen LogP contribution >= 0.6 is 11.6 Å². The maximum absolute atomic E-state index is 12.6. The van der Waals surface area contributed by atoms with Crippen LogP contribution in [0.5, 0.6) is 5.75 Å². The van der Waals surface area contributed by atoms with Gasteiger partial charge in [-0.1, -0.05) is 17.7 Å². The molecule has 0 spiro atoms. The second kappa shape index (κ2) is 7.26. The number of nitrogens with one attached hydrogen (secondary N) is 1. The molecule has 130 valence electrons. The third-order valence-corrected chi connectivity index (χ3v) is 5.17. The second-order valence-corrected chi connectivity index (χ2v) is 7.28. The van der Waals surface area contributed by atoms with E-state index >= 15 is 0 Å². The van der Waals surface area contributed by atoms with Crippen LogP contribution in [0.15, 0.2) is 64.2 Å². The first-order chi connectivity index (χ1) is 12.0. The fraction of sp³-hybridized carbons (Fsp3) is 0.118. The molecular weight excluding hydrogens is 364 g/mol. The summed E-state index contributed by atoms with van der Waals surface area (Å²) in [5.74, 6) is 0.782. The van der Waals surface area contributed by atoms with E-state index in [0.717, 1.165) is 0 Å². The third kappa shape index (κ3) is 3.84. The van der Waals surface area contributed by atoms with Crippen LogP contribution in [0.3, 0.4) is 0 Å². The molecule has 0 unspecified atom stereocenters. The summed E-state index contributed by atoms with van der Waals surface area (Å²) in [5.41, 5.74) is 1.26. The summed E-state index contributed by atoms with van der Waals surface area (Å²) >= 11 is 5.92. The van der Waals surface area contributed by atoms with Gasteiger partial charge in [-0.2, -0.15) is 0 Å². The Morgan fingerprint density at radius 2 is 2.08 bits per heavy atom. The first-order valence-electron chi connectivity index (χ1n) is 7.32. The Morgan fingerprint density at radius 3 is 2.80 bits per heavy atom. The summed E-state index contributed by atoms with van der Waals surface area (Å²) in [6, 6.07) is 11.4. The van der Waals surface area contributed by atoms with Gasteiger partial charge in [0.05, 0.1) is 13.4 Å². The van der Waals surface area contributed by atoms with Crippen molar-refractivity contribution in [2.45, 2.75) is 11.4 Å². The molecule has 3 aromatic rings. The van der Waals surface area contributed by atoms with Gasteiger partial charge in [-0.25, -0.2) is 13.1 Å². The third-order valence-electron chi connectivity index (χ3n) is 3.51. The van der Waals surface area contributed by atoms with Crippen molar-refractivity contribution in [2.75, 3.05) is 7.11 Å². The Labute approximate surface area is 150 Å². The Hall–Kier alpha value is -2.35. The summed E-state index contributed by atoms with van der Waals surface area (Å²) in [6.45, 7) is 0.0435. The summed E-state index contributed by atoms with van der Waals surface area (Å²) in [5, 5.41) is 0.304. The number of aromatic nitrogens is 1. The first-order valence-corrected chi connectivity index (χ1v) is 9.18. The molecule has 3 rings (SSSR count). The van der Waals surface area contributed by atoms with Gasteiger partial charge in [0.25, 0.3) is 0 Å². The molecule has 0 aliphatic rings. The van der Waals surface area contributed by atoms with Gasteiger partial charge in [0.1, 0.15) is 16.3 Å². The quantitative estimate of drug-likeness (QED) is 0.710. The summed E-state index contributed by atoms with van der Waals surface area (Å²) in [6.07, 6.45) is 3.16. The molecule has 25 heavy (non-hydrogen) atoms. The largest absolute Gasteiger partial charge is 0.495 e. The molecule has 2 heterocycles. The van der Waals surface area contributed by atoms with Crippen LogP contribution in [0.2, 0.25) is 5.02 Å². The normalized spacial score (nSPS) is 11.4. The molecule has 0 saturated heterocycles. The zero-order chi connectivity index (χ0) is 17.9. The van der Waals surface area contributed by atoms with E-state index in [0.29, 0.717) is 22.0 Å². The number of furan rings is 1. The van der Waals surface area contributed by atoms with Crippen LogP contribution in [0.4, 0.5) is 0 Å². The molecule has 0 bridgehead atoms. The van der Waals surface area contributed by atoms with Crippen molar-refractivity contribution < 1.29 is 17.6 Å². The minimum atomic E-state index is -3.83. The van der Waals surface area contributed by atoms with Crippen molar-refractivity contribution in [3.05, 3.63) is 65.5 Å². The number of benzene rings is 1. The Kier molecular flexibility index (Phi) is 5.08. The van der Waals surface area contributed by atoms with E-state index in [1.165, 1.54) is 25.5 Å². The van der Waals surface area contributed by atoms with Crippen molar-refractivity contribution >= 4 is 21.6 Å². The molecule has 0 fully saturated rings. The molecule has 2 aromatic heterocycles. The number of methoxy groups -OCH3 is 1. The minimum absolute atomic E-state index is 0.0223. The number of hydrogen-bond acceptors (Lipinski definition) is 5. The highest BCUT2D eigenvalue weighted by Crippen LogP contribution is 2.27. The van der Waals surface area contributed by atoms with E-state index in [1.54, 1.807) is 36.5 Å². The van der Waals surface area contributed by atoms with Crippen LogP contribution < -0.4 is 9.46 Å². The summed E-state index contributed by atoms with van der Waals surface area (Å²) in [7, 11) is -2.43. The zero-order valence-corrected chi connectivity index (χ0v) is 14.8. The van der Waals surface area contributed by atoms with E-state index in [1.807, 2.05) is 0 Å². The smallest absolute Gasteiger partial charge is 0.244 e. The van der Waals surface area contributed by atoms with Crippen LogP contribution in [-0.4, -0.2) is 20.5 Å². The standard InChI is InChI=1S/C17H15ClN2O4S/c1-23-14-7-6-13(18)10-16(14)25(21,22)20-11-12-4-2-8-19-17(12)15-5-3-9-24-15/h2-10,20H,11H2,1H3. The minimum Gasteiger partial charge on any atom is -0.495 e. The molecule has 0 radical (unpaired) electrons. The van der Waals surface area contributed by atoms with E-state index in [2.05, 4.69) is 9.71 Å². The highest BCUT2D eigenvalue weighted by atomic mass is 35.5. The summed E-state index contributed by atoms with van der Waals surface area (Å²) < 4.78 is 38.3. The number of pyridine rings is 1. The summed E-state index contributed by atoms with van der Waals surface area (Å²) in [4.78, 5) is 4.25. The molecule has 0 aliphatic heterocycles. The molecule has 0 aliphatic carbocycles. The van der Waals surface area contributed by atoms with Crippen molar-refractivity contribution in [1.29, 1.82) is 0 Å². The zero-order valence-electron chi connectivity index (χ0n) is 13.3. The maximum atomic E-state index is 12.6. The van der Waals surface area contributed by atoms with Crippen LogP contribution in [-0.2, 0) is 16.6 Å². The van der Waals surface area contributed by atoms with Crippen molar-refractivity contribution in [3.63, 3.8) is 0 Å². The predicted molar refractivity (Wildman–Crippen MR) is 94.0 cm³/mol. The number of sulfonamides is 1. The first kappa shape index (κ1) is 17.5. The van der Waals surface area contributed by atoms with Crippen LogP contribution in [0.25, 0.3) is 11.5 Å². The lowest BCUT2D eigenvalue weighted by Gasteiger charge is -2.12. The highest BCUT2D eigenvalue weighted by Gasteiger charge is 2.21. The molecular formula is C17H15ClN2O4S. The molecule has 0 atom stereocenters. The molecule has 1 N–H and O–H groups in total. The Morgan fingerprint density at radius 1 is 1.24 bits per heavy atom. The Bertz CT molecular complexity index is 972. The van der Waals surface area contributed by atoms with E-state index in [4.69, 9.17) is 20.8 Å². The lowest BCUT2D eigenvalue weighted by atomic mass is 10.1. The van der Waals surface area contributed by atoms with Gasteiger partial charge in [-0.15, -0.1) is 0 Å². The van der Waals surface area contributed by atoms with Gasteiger partial charge >= 0.3 is 0 Å².